The van der Waals surface area contributed by atoms with E-state index in [1.54, 1.807) is 6.20 Å². The number of nitrogens with zero attached hydrogens (tertiary/aromatic N) is 1. The minimum atomic E-state index is 0.0304. The van der Waals surface area contributed by atoms with E-state index in [1.165, 1.54) is 0 Å². The summed E-state index contributed by atoms with van der Waals surface area (Å²) in [6, 6.07) is 3.67. The van der Waals surface area contributed by atoms with Crippen molar-refractivity contribution in [1.82, 2.24) is 4.98 Å². The number of aromatic nitrogens is 1. The van der Waals surface area contributed by atoms with Crippen LogP contribution in [0.25, 0.3) is 0 Å². The monoisotopic (exact) mass is 270 g/mol. The Labute approximate surface area is 98.4 Å². The molecule has 15 heavy (non-hydrogen) atoms. The Morgan fingerprint density at radius 3 is 3.00 bits per heavy atom. The molecule has 0 unspecified atom stereocenters. The van der Waals surface area contributed by atoms with E-state index in [0.29, 0.717) is 12.2 Å². The van der Waals surface area contributed by atoms with Crippen molar-refractivity contribution >= 4 is 27.7 Å². The highest BCUT2D eigenvalue weighted by molar-refractivity contribution is 9.10. The van der Waals surface area contributed by atoms with Crippen LogP contribution in [-0.2, 0) is 4.79 Å². The van der Waals surface area contributed by atoms with E-state index < -0.39 is 0 Å². The van der Waals surface area contributed by atoms with Gasteiger partial charge < -0.3 is 5.32 Å². The number of carbonyl (C=O) groups excluding carboxylic acids is 1. The molecule has 0 aliphatic heterocycles. The predicted molar refractivity (Wildman–Crippen MR) is 64.7 cm³/mol. The SMILES string of the molecule is CCCCCC(=O)Nc1ncccc1Br. The molecule has 0 atom stereocenters. The van der Waals surface area contributed by atoms with Crippen LogP contribution in [0.2, 0.25) is 0 Å². The molecular formula is C11H15BrN2O. The molecule has 1 rings (SSSR count). The van der Waals surface area contributed by atoms with Gasteiger partial charge in [0.05, 0.1) is 4.47 Å². The molecule has 0 saturated heterocycles. The van der Waals surface area contributed by atoms with Crippen LogP contribution >= 0.6 is 15.9 Å². The molecule has 1 N–H and O–H groups in total. The summed E-state index contributed by atoms with van der Waals surface area (Å²) in [5.41, 5.74) is 0. The van der Waals surface area contributed by atoms with Crippen molar-refractivity contribution in [1.29, 1.82) is 0 Å². The van der Waals surface area contributed by atoms with Gasteiger partial charge in [-0.15, -0.1) is 0 Å². The van der Waals surface area contributed by atoms with Gasteiger partial charge in [0.2, 0.25) is 5.91 Å². The molecule has 1 aromatic heterocycles. The highest BCUT2D eigenvalue weighted by Crippen LogP contribution is 2.18. The molecule has 0 spiro atoms. The third kappa shape index (κ3) is 4.42. The fraction of sp³-hybridized carbons (Fsp3) is 0.455. The number of halogens is 1. The second-order valence-electron chi connectivity index (χ2n) is 3.34. The molecule has 0 saturated carbocycles. The summed E-state index contributed by atoms with van der Waals surface area (Å²) in [5.74, 6) is 0.627. The maximum Gasteiger partial charge on any atom is 0.225 e. The summed E-state index contributed by atoms with van der Waals surface area (Å²) in [7, 11) is 0. The summed E-state index contributed by atoms with van der Waals surface area (Å²) in [6.45, 7) is 2.12. The molecule has 0 bridgehead atoms. The zero-order valence-electron chi connectivity index (χ0n) is 8.79. The van der Waals surface area contributed by atoms with Gasteiger partial charge in [-0.05, 0) is 34.5 Å². The predicted octanol–water partition coefficient (Wildman–Crippen LogP) is 3.36. The second-order valence-corrected chi connectivity index (χ2v) is 4.19. The van der Waals surface area contributed by atoms with Crippen molar-refractivity contribution in [2.24, 2.45) is 0 Å². The number of hydrogen-bond acceptors (Lipinski definition) is 2. The molecule has 0 aromatic carbocycles. The van der Waals surface area contributed by atoms with Crippen molar-refractivity contribution in [2.45, 2.75) is 32.6 Å². The minimum absolute atomic E-state index is 0.0304. The van der Waals surface area contributed by atoms with Gasteiger partial charge in [-0.25, -0.2) is 4.98 Å². The number of anilines is 1. The quantitative estimate of drug-likeness (QED) is 0.834. The number of unbranched alkanes of at least 4 members (excludes halogenated alkanes) is 2. The van der Waals surface area contributed by atoms with Gasteiger partial charge in [-0.3, -0.25) is 4.79 Å². The number of rotatable bonds is 5. The van der Waals surface area contributed by atoms with E-state index in [2.05, 4.69) is 33.2 Å². The highest BCUT2D eigenvalue weighted by Gasteiger charge is 2.05. The van der Waals surface area contributed by atoms with Crippen LogP contribution in [0.1, 0.15) is 32.6 Å². The third-order valence-electron chi connectivity index (χ3n) is 2.02. The van der Waals surface area contributed by atoms with Gasteiger partial charge >= 0.3 is 0 Å². The Bertz CT molecular complexity index is 328. The molecule has 0 radical (unpaired) electrons. The van der Waals surface area contributed by atoms with Crippen LogP contribution in [-0.4, -0.2) is 10.9 Å². The molecule has 0 fully saturated rings. The van der Waals surface area contributed by atoms with Crippen molar-refractivity contribution in [3.8, 4) is 0 Å². The van der Waals surface area contributed by atoms with Crippen LogP contribution in [0.3, 0.4) is 0 Å². The van der Waals surface area contributed by atoms with Gasteiger partial charge in [0, 0.05) is 12.6 Å². The maximum atomic E-state index is 11.5. The lowest BCUT2D eigenvalue weighted by atomic mass is 10.2. The summed E-state index contributed by atoms with van der Waals surface area (Å²) in [4.78, 5) is 15.5. The zero-order valence-corrected chi connectivity index (χ0v) is 10.4. The summed E-state index contributed by atoms with van der Waals surface area (Å²) < 4.78 is 0.814. The Morgan fingerprint density at radius 2 is 2.33 bits per heavy atom. The van der Waals surface area contributed by atoms with E-state index in [1.807, 2.05) is 12.1 Å². The molecule has 0 aliphatic rings. The standard InChI is InChI=1S/C11H15BrN2O/c1-2-3-4-7-10(15)14-11-9(12)6-5-8-13-11/h5-6,8H,2-4,7H2,1H3,(H,13,14,15). The first-order valence-corrected chi connectivity index (χ1v) is 5.93. The second kappa shape index (κ2) is 6.56. The van der Waals surface area contributed by atoms with Gasteiger partial charge in [0.25, 0.3) is 0 Å². The largest absolute Gasteiger partial charge is 0.310 e. The van der Waals surface area contributed by atoms with Crippen LogP contribution in [0.5, 0.6) is 0 Å². The lowest BCUT2D eigenvalue weighted by Gasteiger charge is -2.05. The number of carbonyl (C=O) groups is 1. The van der Waals surface area contributed by atoms with Crippen LogP contribution in [0.4, 0.5) is 5.82 Å². The average Bonchev–Trinajstić information content (AvgIpc) is 2.22. The van der Waals surface area contributed by atoms with Gasteiger partial charge in [0.15, 0.2) is 0 Å². The van der Waals surface area contributed by atoms with Crippen LogP contribution < -0.4 is 5.32 Å². The van der Waals surface area contributed by atoms with Gasteiger partial charge in [0.1, 0.15) is 5.82 Å². The zero-order chi connectivity index (χ0) is 11.1. The van der Waals surface area contributed by atoms with Crippen LogP contribution in [0, 0.1) is 0 Å². The molecule has 3 nitrogen and oxygen atoms in total. The molecule has 1 amide bonds. The van der Waals surface area contributed by atoms with E-state index in [4.69, 9.17) is 0 Å². The Kier molecular flexibility index (Phi) is 5.32. The van der Waals surface area contributed by atoms with Crippen LogP contribution in [0.15, 0.2) is 22.8 Å². The van der Waals surface area contributed by atoms with Crippen molar-refractivity contribution in [2.75, 3.05) is 5.32 Å². The lowest BCUT2D eigenvalue weighted by molar-refractivity contribution is -0.116. The van der Waals surface area contributed by atoms with Gasteiger partial charge in [-0.1, -0.05) is 19.8 Å². The summed E-state index contributed by atoms with van der Waals surface area (Å²) in [6.07, 6.45) is 5.38. The number of pyridine rings is 1. The normalized spacial score (nSPS) is 10.0. The topological polar surface area (TPSA) is 42.0 Å². The fourth-order valence-electron chi connectivity index (χ4n) is 1.21. The Hall–Kier alpha value is -0.900. The van der Waals surface area contributed by atoms with E-state index in [-0.39, 0.29) is 5.91 Å². The van der Waals surface area contributed by atoms with Crippen molar-refractivity contribution < 1.29 is 4.79 Å². The molecule has 1 aromatic rings. The van der Waals surface area contributed by atoms with E-state index in [0.717, 1.165) is 23.7 Å². The molecule has 0 aliphatic carbocycles. The maximum absolute atomic E-state index is 11.5. The summed E-state index contributed by atoms with van der Waals surface area (Å²) >= 11 is 3.33. The summed E-state index contributed by atoms with van der Waals surface area (Å²) in [5, 5.41) is 2.77. The van der Waals surface area contributed by atoms with Crippen molar-refractivity contribution in [3.63, 3.8) is 0 Å². The molecule has 1 heterocycles. The Morgan fingerprint density at radius 1 is 1.53 bits per heavy atom. The lowest BCUT2D eigenvalue weighted by Crippen LogP contribution is -2.12. The van der Waals surface area contributed by atoms with Crippen molar-refractivity contribution in [3.05, 3.63) is 22.8 Å². The van der Waals surface area contributed by atoms with E-state index >= 15 is 0 Å². The number of nitrogens with one attached hydrogen (secondary N) is 1. The highest BCUT2D eigenvalue weighted by atomic mass is 79.9. The smallest absolute Gasteiger partial charge is 0.225 e. The first-order valence-electron chi connectivity index (χ1n) is 5.14. The third-order valence-corrected chi connectivity index (χ3v) is 2.66. The fourth-order valence-corrected chi connectivity index (χ4v) is 1.56. The first-order chi connectivity index (χ1) is 7.24. The first kappa shape index (κ1) is 12.2. The average molecular weight is 271 g/mol. The molecule has 82 valence electrons. The molecule has 4 heteroatoms. The Balaban J connectivity index is 2.41. The van der Waals surface area contributed by atoms with Gasteiger partial charge in [-0.2, -0.15) is 0 Å². The molecular weight excluding hydrogens is 256 g/mol. The number of hydrogen-bond donors (Lipinski definition) is 1. The minimum Gasteiger partial charge on any atom is -0.310 e. The number of amides is 1. The van der Waals surface area contributed by atoms with E-state index in [9.17, 15) is 4.79 Å².